The number of pyridine rings is 1. The number of aromatic nitrogens is 5. The highest BCUT2D eigenvalue weighted by Gasteiger charge is 2.15. The Kier molecular flexibility index (Phi) is 5.18. The second kappa shape index (κ2) is 8.31. The number of ether oxygens (including phenoxy) is 2. The van der Waals surface area contributed by atoms with Crippen LogP contribution in [0, 0.1) is 6.92 Å². The van der Waals surface area contributed by atoms with Crippen molar-refractivity contribution in [3.63, 3.8) is 0 Å². The zero-order chi connectivity index (χ0) is 22.9. The van der Waals surface area contributed by atoms with E-state index in [-0.39, 0.29) is 0 Å². The summed E-state index contributed by atoms with van der Waals surface area (Å²) in [6.07, 6.45) is 3.68. The Hall–Kier alpha value is -4.33. The van der Waals surface area contributed by atoms with E-state index in [9.17, 15) is 0 Å². The highest BCUT2D eigenvalue weighted by atomic mass is 16.5. The lowest BCUT2D eigenvalue weighted by molar-refractivity contribution is 0.396. The van der Waals surface area contributed by atoms with E-state index in [0.717, 1.165) is 45.2 Å². The van der Waals surface area contributed by atoms with Crippen molar-refractivity contribution in [1.82, 2.24) is 24.1 Å². The second-order valence-electron chi connectivity index (χ2n) is 7.67. The Bertz CT molecular complexity index is 1440. The summed E-state index contributed by atoms with van der Waals surface area (Å²) in [5, 5.41) is 3.40. The predicted octanol–water partition coefficient (Wildman–Crippen LogP) is 4.89. The maximum absolute atomic E-state index is 5.55. The molecule has 0 aliphatic rings. The van der Waals surface area contributed by atoms with Crippen LogP contribution >= 0.6 is 0 Å². The number of para-hydroxylation sites is 1. The normalized spacial score (nSPS) is 11.0. The second-order valence-corrected chi connectivity index (χ2v) is 7.67. The minimum absolute atomic E-state index is 0.504. The first kappa shape index (κ1) is 20.6. The highest BCUT2D eigenvalue weighted by molar-refractivity contribution is 5.92. The number of methoxy groups -OCH3 is 2. The average molecular weight is 441 g/mol. The van der Waals surface area contributed by atoms with Crippen LogP contribution in [0.4, 0.5) is 11.5 Å². The number of anilines is 2. The lowest BCUT2D eigenvalue weighted by atomic mass is 10.2. The van der Waals surface area contributed by atoms with Gasteiger partial charge in [-0.05, 0) is 55.5 Å². The molecule has 3 aromatic heterocycles. The zero-order valence-corrected chi connectivity index (χ0v) is 18.9. The topological polar surface area (TPSA) is 79.0 Å². The number of fused-ring (bicyclic) bond motifs is 1. The Morgan fingerprint density at radius 3 is 2.42 bits per heavy atom. The van der Waals surface area contributed by atoms with Crippen molar-refractivity contribution in [2.24, 2.45) is 7.05 Å². The standard InChI is InChI=1S/C25H24N6O2/c1-16-14-31(15-26-16)21-12-13-22(28-25(21)33-4)27-19-6-5-7-20-23(19)29-24(30(20)2)17-8-10-18(32-3)11-9-17/h5-15H,1-4H3,(H,27,28). The third-order valence-corrected chi connectivity index (χ3v) is 5.55. The molecule has 8 heteroatoms. The molecule has 0 bridgehead atoms. The third-order valence-electron chi connectivity index (χ3n) is 5.55. The molecule has 1 N–H and O–H groups in total. The van der Waals surface area contributed by atoms with Crippen molar-refractivity contribution in [2.45, 2.75) is 6.92 Å². The summed E-state index contributed by atoms with van der Waals surface area (Å²) in [7, 11) is 5.29. The Balaban J connectivity index is 1.51. The van der Waals surface area contributed by atoms with Crippen LogP contribution in [-0.2, 0) is 7.05 Å². The van der Waals surface area contributed by atoms with Gasteiger partial charge in [-0.3, -0.25) is 0 Å². The first-order valence-corrected chi connectivity index (χ1v) is 10.5. The molecule has 0 aliphatic heterocycles. The smallest absolute Gasteiger partial charge is 0.240 e. The molecule has 3 heterocycles. The van der Waals surface area contributed by atoms with E-state index < -0.39 is 0 Å². The number of hydrogen-bond donors (Lipinski definition) is 1. The number of nitrogens with zero attached hydrogens (tertiary/aromatic N) is 5. The fraction of sp³-hybridized carbons (Fsp3) is 0.160. The molecular formula is C25H24N6O2. The summed E-state index contributed by atoms with van der Waals surface area (Å²) < 4.78 is 14.8. The Labute approximate surface area is 191 Å². The average Bonchev–Trinajstić information content (AvgIpc) is 3.43. The Morgan fingerprint density at radius 2 is 1.73 bits per heavy atom. The van der Waals surface area contributed by atoms with Gasteiger partial charge in [0.25, 0.3) is 0 Å². The molecule has 0 spiro atoms. The van der Waals surface area contributed by atoms with E-state index in [1.165, 1.54) is 0 Å². The monoisotopic (exact) mass is 440 g/mol. The summed E-state index contributed by atoms with van der Waals surface area (Å²) in [5.41, 5.74) is 5.50. The van der Waals surface area contributed by atoms with E-state index in [1.807, 2.05) is 73.3 Å². The van der Waals surface area contributed by atoms with Crippen molar-refractivity contribution in [1.29, 1.82) is 0 Å². The minimum Gasteiger partial charge on any atom is -0.497 e. The van der Waals surface area contributed by atoms with Crippen LogP contribution in [0.1, 0.15) is 5.69 Å². The highest BCUT2D eigenvalue weighted by Crippen LogP contribution is 2.31. The van der Waals surface area contributed by atoms with Crippen LogP contribution < -0.4 is 14.8 Å². The van der Waals surface area contributed by atoms with Crippen LogP contribution in [0.25, 0.3) is 28.1 Å². The van der Waals surface area contributed by atoms with Gasteiger partial charge in [-0.1, -0.05) is 6.07 Å². The van der Waals surface area contributed by atoms with Gasteiger partial charge in [-0.25, -0.2) is 9.97 Å². The van der Waals surface area contributed by atoms with Gasteiger partial charge in [0, 0.05) is 18.8 Å². The van der Waals surface area contributed by atoms with Crippen LogP contribution in [-0.4, -0.2) is 38.3 Å². The summed E-state index contributed by atoms with van der Waals surface area (Å²) in [6, 6.07) is 17.8. The maximum atomic E-state index is 5.55. The molecule has 0 aliphatic carbocycles. The number of rotatable bonds is 6. The van der Waals surface area contributed by atoms with E-state index in [2.05, 4.69) is 25.9 Å². The summed E-state index contributed by atoms with van der Waals surface area (Å²) in [5.74, 6) is 2.86. The van der Waals surface area contributed by atoms with Gasteiger partial charge in [0.2, 0.25) is 5.88 Å². The molecule has 2 aromatic carbocycles. The van der Waals surface area contributed by atoms with Gasteiger partial charge in [-0.2, -0.15) is 4.98 Å². The fourth-order valence-electron chi connectivity index (χ4n) is 3.85. The van der Waals surface area contributed by atoms with Crippen molar-refractivity contribution in [3.8, 4) is 28.7 Å². The van der Waals surface area contributed by atoms with Crippen LogP contribution in [0.5, 0.6) is 11.6 Å². The molecule has 8 nitrogen and oxygen atoms in total. The van der Waals surface area contributed by atoms with Gasteiger partial charge >= 0.3 is 0 Å². The molecular weight excluding hydrogens is 416 g/mol. The molecule has 5 rings (SSSR count). The predicted molar refractivity (Wildman–Crippen MR) is 129 cm³/mol. The van der Waals surface area contributed by atoms with Crippen molar-refractivity contribution in [3.05, 3.63) is 72.8 Å². The molecule has 33 heavy (non-hydrogen) atoms. The van der Waals surface area contributed by atoms with E-state index in [0.29, 0.717) is 11.7 Å². The lowest BCUT2D eigenvalue weighted by Gasteiger charge is -2.11. The first-order chi connectivity index (χ1) is 16.1. The number of aryl methyl sites for hydroxylation is 2. The molecule has 0 unspecified atom stereocenters. The lowest BCUT2D eigenvalue weighted by Crippen LogP contribution is -2.01. The summed E-state index contributed by atoms with van der Waals surface area (Å²) in [6.45, 7) is 1.94. The number of imidazole rings is 2. The van der Waals surface area contributed by atoms with Crippen LogP contribution in [0.3, 0.4) is 0 Å². The number of hydrogen-bond acceptors (Lipinski definition) is 6. The molecule has 0 fully saturated rings. The third kappa shape index (κ3) is 3.76. The SMILES string of the molecule is COc1ccc(-c2nc3c(Nc4ccc(-n5cnc(C)c5)c(OC)n4)cccc3n2C)cc1. The number of nitrogens with one attached hydrogen (secondary N) is 1. The van der Waals surface area contributed by atoms with Gasteiger partial charge in [0.1, 0.15) is 28.6 Å². The molecule has 0 saturated carbocycles. The molecule has 0 saturated heterocycles. The van der Waals surface area contributed by atoms with E-state index >= 15 is 0 Å². The van der Waals surface area contributed by atoms with Gasteiger partial charge in [-0.15, -0.1) is 0 Å². The van der Waals surface area contributed by atoms with Crippen LogP contribution in [0.15, 0.2) is 67.1 Å². The minimum atomic E-state index is 0.504. The molecule has 0 atom stereocenters. The molecule has 0 amide bonds. The van der Waals surface area contributed by atoms with Gasteiger partial charge in [0.15, 0.2) is 0 Å². The Morgan fingerprint density at radius 1 is 0.909 bits per heavy atom. The zero-order valence-electron chi connectivity index (χ0n) is 18.9. The van der Waals surface area contributed by atoms with Crippen LogP contribution in [0.2, 0.25) is 0 Å². The molecule has 5 aromatic rings. The summed E-state index contributed by atoms with van der Waals surface area (Å²) >= 11 is 0. The molecule has 0 radical (unpaired) electrons. The largest absolute Gasteiger partial charge is 0.497 e. The number of benzene rings is 2. The van der Waals surface area contributed by atoms with Crippen molar-refractivity contribution in [2.75, 3.05) is 19.5 Å². The maximum Gasteiger partial charge on any atom is 0.240 e. The van der Waals surface area contributed by atoms with E-state index in [4.69, 9.17) is 14.5 Å². The van der Waals surface area contributed by atoms with Gasteiger partial charge in [0.05, 0.1) is 37.4 Å². The fourth-order valence-corrected chi connectivity index (χ4v) is 3.85. The molecule has 166 valence electrons. The summed E-state index contributed by atoms with van der Waals surface area (Å²) in [4.78, 5) is 13.9. The quantitative estimate of drug-likeness (QED) is 0.405. The van der Waals surface area contributed by atoms with Crippen molar-refractivity contribution >= 4 is 22.5 Å². The van der Waals surface area contributed by atoms with Crippen molar-refractivity contribution < 1.29 is 9.47 Å². The van der Waals surface area contributed by atoms with E-state index in [1.54, 1.807) is 20.5 Å². The first-order valence-electron chi connectivity index (χ1n) is 10.5. The van der Waals surface area contributed by atoms with Gasteiger partial charge < -0.3 is 23.9 Å².